The van der Waals surface area contributed by atoms with Crippen LogP contribution in [0.4, 0.5) is 0 Å². The number of aryl methyl sites for hydroxylation is 1. The van der Waals surface area contributed by atoms with Gasteiger partial charge in [-0.15, -0.1) is 0 Å². The van der Waals surface area contributed by atoms with Crippen LogP contribution in [0.2, 0.25) is 5.02 Å². The van der Waals surface area contributed by atoms with Crippen molar-refractivity contribution in [1.29, 1.82) is 0 Å². The first kappa shape index (κ1) is 15.6. The van der Waals surface area contributed by atoms with Gasteiger partial charge in [0.25, 0.3) is 0 Å². The second-order valence-electron chi connectivity index (χ2n) is 5.23. The first-order chi connectivity index (χ1) is 8.86. The third-order valence-corrected chi connectivity index (χ3v) is 3.57. The van der Waals surface area contributed by atoms with Crippen LogP contribution in [0.1, 0.15) is 32.3 Å². The predicted octanol–water partition coefficient (Wildman–Crippen LogP) is 3.58. The van der Waals surface area contributed by atoms with Crippen molar-refractivity contribution in [2.75, 3.05) is 6.61 Å². The van der Waals surface area contributed by atoms with Crippen LogP contribution in [-0.4, -0.2) is 17.6 Å². The molecule has 4 nitrogen and oxygen atoms in total. The van der Waals surface area contributed by atoms with Crippen LogP contribution in [0, 0.1) is 12.3 Å². The molecule has 1 aromatic rings. The summed E-state index contributed by atoms with van der Waals surface area (Å²) in [6.45, 7) is 6.41. The third kappa shape index (κ3) is 4.63. The molecule has 5 heteroatoms. The first-order valence-corrected chi connectivity index (χ1v) is 6.61. The quantitative estimate of drug-likeness (QED) is 0.276. The van der Waals surface area contributed by atoms with Crippen LogP contribution < -0.4 is 10.5 Å². The molecule has 106 valence electrons. The Labute approximate surface area is 119 Å². The number of ether oxygens (including phenoxy) is 1. The second-order valence-corrected chi connectivity index (χ2v) is 5.64. The zero-order valence-corrected chi connectivity index (χ0v) is 12.4. The van der Waals surface area contributed by atoms with Gasteiger partial charge in [0.1, 0.15) is 11.6 Å². The van der Waals surface area contributed by atoms with E-state index in [1.807, 2.05) is 39.0 Å². The normalized spacial score (nSPS) is 12.5. The zero-order valence-electron chi connectivity index (χ0n) is 11.6. The number of amidine groups is 1. The number of rotatable bonds is 6. The minimum Gasteiger partial charge on any atom is -0.494 e. The van der Waals surface area contributed by atoms with Crippen molar-refractivity contribution in [2.24, 2.45) is 16.3 Å². The molecule has 0 aliphatic heterocycles. The van der Waals surface area contributed by atoms with Crippen LogP contribution in [0.5, 0.6) is 5.75 Å². The molecule has 0 saturated heterocycles. The van der Waals surface area contributed by atoms with E-state index in [4.69, 9.17) is 27.3 Å². The summed E-state index contributed by atoms with van der Waals surface area (Å²) in [7, 11) is 0. The van der Waals surface area contributed by atoms with Crippen molar-refractivity contribution in [3.63, 3.8) is 0 Å². The average molecular weight is 285 g/mol. The summed E-state index contributed by atoms with van der Waals surface area (Å²) < 4.78 is 5.65. The highest BCUT2D eigenvalue weighted by molar-refractivity contribution is 6.31. The molecular weight excluding hydrogens is 264 g/mol. The molecule has 0 amide bonds. The van der Waals surface area contributed by atoms with E-state index in [1.54, 1.807) is 0 Å². The molecule has 0 aromatic heterocycles. The Kier molecular flexibility index (Phi) is 5.48. The summed E-state index contributed by atoms with van der Waals surface area (Å²) in [6, 6.07) is 5.59. The lowest BCUT2D eigenvalue weighted by atomic mass is 9.87. The summed E-state index contributed by atoms with van der Waals surface area (Å²) in [5.74, 6) is 1.05. The monoisotopic (exact) mass is 284 g/mol. The van der Waals surface area contributed by atoms with Crippen molar-refractivity contribution in [3.8, 4) is 5.75 Å². The molecule has 3 N–H and O–H groups in total. The van der Waals surface area contributed by atoms with Gasteiger partial charge >= 0.3 is 0 Å². The standard InChI is InChI=1S/C14H21ClN2O2/c1-10-9-11(5-6-12(10)15)19-8-4-7-14(2,3)13(16)17-18/h5-6,9,18H,4,7-8H2,1-3H3,(H2,16,17). The summed E-state index contributed by atoms with van der Waals surface area (Å²) in [5.41, 5.74) is 6.30. The van der Waals surface area contributed by atoms with E-state index >= 15 is 0 Å². The number of nitrogens with two attached hydrogens (primary N) is 1. The highest BCUT2D eigenvalue weighted by Gasteiger charge is 2.22. The third-order valence-electron chi connectivity index (χ3n) is 3.15. The molecule has 0 radical (unpaired) electrons. The van der Waals surface area contributed by atoms with Gasteiger partial charge in [0.05, 0.1) is 6.61 Å². The van der Waals surface area contributed by atoms with E-state index in [9.17, 15) is 0 Å². The Balaban J connectivity index is 2.41. The van der Waals surface area contributed by atoms with E-state index in [2.05, 4.69) is 5.16 Å². The minimum absolute atomic E-state index is 0.245. The van der Waals surface area contributed by atoms with E-state index in [0.717, 1.165) is 29.2 Å². The molecule has 0 saturated carbocycles. The lowest BCUT2D eigenvalue weighted by Crippen LogP contribution is -2.32. The van der Waals surface area contributed by atoms with Gasteiger partial charge in [0.2, 0.25) is 0 Å². The van der Waals surface area contributed by atoms with Crippen molar-refractivity contribution < 1.29 is 9.94 Å². The van der Waals surface area contributed by atoms with Gasteiger partial charge < -0.3 is 15.7 Å². The Morgan fingerprint density at radius 1 is 1.47 bits per heavy atom. The van der Waals surface area contributed by atoms with Gasteiger partial charge in [0, 0.05) is 10.4 Å². The maximum Gasteiger partial charge on any atom is 0.144 e. The number of hydrogen-bond donors (Lipinski definition) is 2. The molecule has 0 heterocycles. The fraction of sp³-hybridized carbons (Fsp3) is 0.500. The maximum absolute atomic E-state index is 8.68. The Bertz CT molecular complexity index is 459. The summed E-state index contributed by atoms with van der Waals surface area (Å²) in [4.78, 5) is 0. The Morgan fingerprint density at radius 2 is 2.16 bits per heavy atom. The van der Waals surface area contributed by atoms with Crippen LogP contribution in [0.3, 0.4) is 0 Å². The minimum atomic E-state index is -0.325. The van der Waals surface area contributed by atoms with Gasteiger partial charge in [-0.25, -0.2) is 0 Å². The van der Waals surface area contributed by atoms with E-state index in [0.29, 0.717) is 6.61 Å². The Hall–Kier alpha value is -1.42. The zero-order chi connectivity index (χ0) is 14.5. The van der Waals surface area contributed by atoms with Crippen LogP contribution in [-0.2, 0) is 0 Å². The van der Waals surface area contributed by atoms with Crippen molar-refractivity contribution in [2.45, 2.75) is 33.6 Å². The fourth-order valence-corrected chi connectivity index (χ4v) is 1.79. The lowest BCUT2D eigenvalue weighted by molar-refractivity contribution is 0.277. The molecule has 19 heavy (non-hydrogen) atoms. The molecule has 1 aromatic carbocycles. The highest BCUT2D eigenvalue weighted by Crippen LogP contribution is 2.24. The SMILES string of the molecule is Cc1cc(OCCCC(C)(C)C(N)=NO)ccc1Cl. The van der Waals surface area contributed by atoms with E-state index in [-0.39, 0.29) is 11.3 Å². The Morgan fingerprint density at radius 3 is 2.74 bits per heavy atom. The highest BCUT2D eigenvalue weighted by atomic mass is 35.5. The number of benzene rings is 1. The number of nitrogens with zero attached hydrogens (tertiary/aromatic N) is 1. The van der Waals surface area contributed by atoms with Gasteiger partial charge in [-0.3, -0.25) is 0 Å². The van der Waals surface area contributed by atoms with Gasteiger partial charge in [-0.1, -0.05) is 30.6 Å². The van der Waals surface area contributed by atoms with E-state index in [1.165, 1.54) is 0 Å². The van der Waals surface area contributed by atoms with Crippen LogP contribution in [0.15, 0.2) is 23.4 Å². The van der Waals surface area contributed by atoms with Gasteiger partial charge in [0.15, 0.2) is 0 Å². The summed E-state index contributed by atoms with van der Waals surface area (Å²) >= 11 is 5.95. The predicted molar refractivity (Wildman–Crippen MR) is 78.1 cm³/mol. The summed E-state index contributed by atoms with van der Waals surface area (Å²) in [6.07, 6.45) is 1.61. The lowest BCUT2D eigenvalue weighted by Gasteiger charge is -2.22. The summed E-state index contributed by atoms with van der Waals surface area (Å²) in [5, 5.41) is 12.5. The molecule has 0 aliphatic carbocycles. The largest absolute Gasteiger partial charge is 0.494 e. The smallest absolute Gasteiger partial charge is 0.144 e. The topological polar surface area (TPSA) is 67.8 Å². The first-order valence-electron chi connectivity index (χ1n) is 6.24. The van der Waals surface area contributed by atoms with Crippen LogP contribution in [0.25, 0.3) is 0 Å². The molecule has 0 bridgehead atoms. The van der Waals surface area contributed by atoms with Gasteiger partial charge in [-0.05, 0) is 43.5 Å². The number of oxime groups is 1. The molecule has 0 unspecified atom stereocenters. The van der Waals surface area contributed by atoms with Crippen molar-refractivity contribution in [1.82, 2.24) is 0 Å². The average Bonchev–Trinajstić information content (AvgIpc) is 2.37. The van der Waals surface area contributed by atoms with E-state index < -0.39 is 0 Å². The number of halogens is 1. The second kappa shape index (κ2) is 6.66. The van der Waals surface area contributed by atoms with Crippen molar-refractivity contribution in [3.05, 3.63) is 28.8 Å². The molecule has 0 atom stereocenters. The van der Waals surface area contributed by atoms with Crippen molar-refractivity contribution >= 4 is 17.4 Å². The maximum atomic E-state index is 8.68. The molecule has 0 aliphatic rings. The number of hydrogen-bond acceptors (Lipinski definition) is 3. The molecule has 0 spiro atoms. The fourth-order valence-electron chi connectivity index (χ4n) is 1.67. The van der Waals surface area contributed by atoms with Gasteiger partial charge in [-0.2, -0.15) is 0 Å². The molecule has 0 fully saturated rings. The molecule has 1 rings (SSSR count). The molecular formula is C14H21ClN2O2. The van der Waals surface area contributed by atoms with Crippen LogP contribution >= 0.6 is 11.6 Å².